The van der Waals surface area contributed by atoms with Crippen molar-refractivity contribution in [2.75, 3.05) is 39.3 Å². The van der Waals surface area contributed by atoms with E-state index in [-0.39, 0.29) is 18.1 Å². The van der Waals surface area contributed by atoms with E-state index in [9.17, 15) is 15.0 Å². The second-order valence-electron chi connectivity index (χ2n) is 9.54. The molecule has 1 amide bonds. The van der Waals surface area contributed by atoms with Gasteiger partial charge in [0.05, 0.1) is 17.9 Å². The molecule has 2 aromatic rings. The fourth-order valence-electron chi connectivity index (χ4n) is 5.13. The maximum atomic E-state index is 12.8. The van der Waals surface area contributed by atoms with Crippen molar-refractivity contribution in [1.29, 1.82) is 0 Å². The fourth-order valence-corrected chi connectivity index (χ4v) is 5.32. The number of aromatic nitrogens is 1. The summed E-state index contributed by atoms with van der Waals surface area (Å²) in [5.41, 5.74) is 1.38. The Bertz CT molecular complexity index is 1040. The van der Waals surface area contributed by atoms with Crippen molar-refractivity contribution in [2.45, 2.75) is 43.5 Å². The van der Waals surface area contributed by atoms with Crippen LogP contribution in [0.15, 0.2) is 36.7 Å². The normalized spacial score (nSPS) is 22.4. The number of piperidine rings is 1. The van der Waals surface area contributed by atoms with Gasteiger partial charge in [0.25, 0.3) is 5.91 Å². The number of aliphatic hydroxyl groups excluding tert-OH is 2. The van der Waals surface area contributed by atoms with Crippen molar-refractivity contribution in [3.8, 4) is 11.5 Å². The first-order valence-electron chi connectivity index (χ1n) is 11.8. The molecule has 2 atom stereocenters. The molecule has 8 nitrogen and oxygen atoms in total. The van der Waals surface area contributed by atoms with E-state index in [1.165, 1.54) is 11.8 Å². The van der Waals surface area contributed by atoms with Gasteiger partial charge in [0, 0.05) is 63.2 Å². The molecule has 1 aromatic carbocycles. The van der Waals surface area contributed by atoms with E-state index in [0.717, 1.165) is 43.1 Å². The van der Waals surface area contributed by atoms with Gasteiger partial charge < -0.3 is 29.5 Å². The van der Waals surface area contributed by atoms with Crippen LogP contribution in [0.5, 0.6) is 11.5 Å². The maximum Gasteiger partial charge on any atom is 0.257 e. The number of β-amino-alcohol motifs (C(OH)–C–C–N with tert-alkyl or cyclic N) is 2. The van der Waals surface area contributed by atoms with E-state index in [0.29, 0.717) is 37.4 Å². The van der Waals surface area contributed by atoms with Crippen LogP contribution < -0.4 is 9.47 Å². The van der Waals surface area contributed by atoms with Crippen molar-refractivity contribution in [3.05, 3.63) is 52.8 Å². The summed E-state index contributed by atoms with van der Waals surface area (Å²) in [5, 5.41) is 21.1. The molecule has 182 valence electrons. The second-order valence-corrected chi connectivity index (χ2v) is 9.98. The Morgan fingerprint density at radius 2 is 2.12 bits per heavy atom. The van der Waals surface area contributed by atoms with Crippen LogP contribution in [-0.2, 0) is 6.42 Å². The third-order valence-electron chi connectivity index (χ3n) is 6.99. The number of hydrogen-bond donors (Lipinski definition) is 2. The maximum absolute atomic E-state index is 12.8. The zero-order valence-corrected chi connectivity index (χ0v) is 19.8. The largest absolute Gasteiger partial charge is 0.488 e. The van der Waals surface area contributed by atoms with E-state index >= 15 is 0 Å². The Kier molecular flexibility index (Phi) is 6.66. The number of benzene rings is 1. The molecule has 2 fully saturated rings. The predicted molar refractivity (Wildman–Crippen MR) is 126 cm³/mol. The summed E-state index contributed by atoms with van der Waals surface area (Å²) >= 11 is 6.13. The van der Waals surface area contributed by atoms with E-state index in [1.54, 1.807) is 17.2 Å². The number of fused-ring (bicyclic) bond motifs is 1. The molecule has 0 radical (unpaired) electrons. The minimum atomic E-state index is -0.702. The molecule has 0 saturated carbocycles. The van der Waals surface area contributed by atoms with Gasteiger partial charge in [0.15, 0.2) is 0 Å². The van der Waals surface area contributed by atoms with E-state index in [1.807, 2.05) is 18.2 Å². The standard InChI is InChI=1S/C25H30ClN3O5/c26-18-1-2-22-17(11-18)12-25(34-22)5-9-28(10-6-25)14-20(31)16-33-23-13-27-7-3-21(23)24(32)29-8-4-19(30)15-29/h1-3,7,11,13,19-20,30-31H,4-6,8-10,12,14-16H2/t19-,20+/m0/s1. The lowest BCUT2D eigenvalue weighted by Gasteiger charge is -2.39. The molecule has 2 saturated heterocycles. The topological polar surface area (TPSA) is 95.4 Å². The van der Waals surface area contributed by atoms with E-state index in [2.05, 4.69) is 9.88 Å². The molecule has 3 aliphatic rings. The average Bonchev–Trinajstić information content (AvgIpc) is 3.42. The third kappa shape index (κ3) is 5.00. The van der Waals surface area contributed by atoms with Gasteiger partial charge in [0.2, 0.25) is 0 Å². The van der Waals surface area contributed by atoms with Crippen LogP contribution in [0.4, 0.5) is 0 Å². The number of halogens is 1. The van der Waals surface area contributed by atoms with Crippen LogP contribution in [0.25, 0.3) is 0 Å². The molecule has 1 spiro atoms. The Morgan fingerprint density at radius 3 is 2.88 bits per heavy atom. The monoisotopic (exact) mass is 487 g/mol. The van der Waals surface area contributed by atoms with E-state index in [4.69, 9.17) is 21.1 Å². The SMILES string of the molecule is O=C(c1ccncc1OC[C@H](O)CN1CCC2(CC1)Cc1cc(Cl)ccc1O2)N1CC[C@H](O)C1. The summed E-state index contributed by atoms with van der Waals surface area (Å²) in [5.74, 6) is 1.08. The van der Waals surface area contributed by atoms with Crippen LogP contribution in [0.2, 0.25) is 5.02 Å². The van der Waals surface area contributed by atoms with Crippen molar-refractivity contribution < 1.29 is 24.5 Å². The molecule has 3 aliphatic heterocycles. The zero-order chi connectivity index (χ0) is 23.7. The number of rotatable bonds is 6. The molecule has 0 aliphatic carbocycles. The number of carbonyl (C=O) groups is 1. The lowest BCUT2D eigenvalue weighted by molar-refractivity contribution is -0.00204. The smallest absolute Gasteiger partial charge is 0.257 e. The van der Waals surface area contributed by atoms with Crippen molar-refractivity contribution in [3.63, 3.8) is 0 Å². The van der Waals surface area contributed by atoms with Crippen LogP contribution >= 0.6 is 11.6 Å². The highest BCUT2D eigenvalue weighted by Crippen LogP contribution is 2.41. The van der Waals surface area contributed by atoms with Crippen molar-refractivity contribution in [1.82, 2.24) is 14.8 Å². The number of carbonyl (C=O) groups excluding carboxylic acids is 1. The Morgan fingerprint density at radius 1 is 1.29 bits per heavy atom. The van der Waals surface area contributed by atoms with Crippen molar-refractivity contribution >= 4 is 17.5 Å². The van der Waals surface area contributed by atoms with Gasteiger partial charge in [-0.3, -0.25) is 9.78 Å². The lowest BCUT2D eigenvalue weighted by atomic mass is 9.87. The van der Waals surface area contributed by atoms with Gasteiger partial charge in [-0.15, -0.1) is 0 Å². The molecular weight excluding hydrogens is 458 g/mol. The second kappa shape index (κ2) is 9.70. The van der Waals surface area contributed by atoms with Crippen LogP contribution in [-0.4, -0.2) is 88.0 Å². The molecule has 34 heavy (non-hydrogen) atoms. The molecule has 0 unspecified atom stereocenters. The molecule has 0 bridgehead atoms. The third-order valence-corrected chi connectivity index (χ3v) is 7.23. The number of aliphatic hydroxyl groups is 2. The number of hydrogen-bond acceptors (Lipinski definition) is 7. The van der Waals surface area contributed by atoms with Gasteiger partial charge in [-0.25, -0.2) is 0 Å². The van der Waals surface area contributed by atoms with Crippen LogP contribution in [0.3, 0.4) is 0 Å². The Labute approximate surface area is 204 Å². The lowest BCUT2D eigenvalue weighted by Crippen LogP contribution is -2.49. The summed E-state index contributed by atoms with van der Waals surface area (Å²) in [6.07, 6.45) is 5.07. The average molecular weight is 488 g/mol. The first-order valence-corrected chi connectivity index (χ1v) is 12.2. The summed E-state index contributed by atoms with van der Waals surface area (Å²) in [4.78, 5) is 20.7. The first-order chi connectivity index (χ1) is 16.4. The minimum Gasteiger partial charge on any atom is -0.488 e. The van der Waals surface area contributed by atoms with Gasteiger partial charge >= 0.3 is 0 Å². The summed E-state index contributed by atoms with van der Waals surface area (Å²) in [7, 11) is 0. The highest BCUT2D eigenvalue weighted by Gasteiger charge is 2.42. The summed E-state index contributed by atoms with van der Waals surface area (Å²) in [6.45, 7) is 3.04. The summed E-state index contributed by atoms with van der Waals surface area (Å²) < 4.78 is 12.1. The zero-order valence-electron chi connectivity index (χ0n) is 19.0. The Hall–Kier alpha value is -2.39. The fraction of sp³-hybridized carbons (Fsp3) is 0.520. The van der Waals surface area contributed by atoms with Crippen LogP contribution in [0.1, 0.15) is 35.2 Å². The number of ether oxygens (including phenoxy) is 2. The molecular formula is C25H30ClN3O5. The minimum absolute atomic E-state index is 0.0662. The van der Waals surface area contributed by atoms with Crippen LogP contribution in [0, 0.1) is 0 Å². The van der Waals surface area contributed by atoms with Gasteiger partial charge in [-0.05, 0) is 36.2 Å². The number of amides is 1. The number of nitrogens with zero attached hydrogens (tertiary/aromatic N) is 3. The van der Waals surface area contributed by atoms with Gasteiger partial charge in [-0.2, -0.15) is 0 Å². The molecule has 2 N–H and O–H groups in total. The highest BCUT2D eigenvalue weighted by atomic mass is 35.5. The molecule has 1 aromatic heterocycles. The highest BCUT2D eigenvalue weighted by molar-refractivity contribution is 6.30. The number of likely N-dealkylation sites (tertiary alicyclic amines) is 2. The van der Waals surface area contributed by atoms with Gasteiger partial charge in [-0.1, -0.05) is 11.6 Å². The molecule has 5 rings (SSSR count). The van der Waals surface area contributed by atoms with Crippen molar-refractivity contribution in [2.24, 2.45) is 0 Å². The number of pyridine rings is 1. The molecule has 4 heterocycles. The van der Waals surface area contributed by atoms with Gasteiger partial charge in [0.1, 0.15) is 29.8 Å². The molecule has 9 heteroatoms. The summed E-state index contributed by atoms with van der Waals surface area (Å²) in [6, 6.07) is 7.41. The first kappa shape index (κ1) is 23.4. The predicted octanol–water partition coefficient (Wildman–Crippen LogP) is 2.15. The Balaban J connectivity index is 1.11. The van der Waals surface area contributed by atoms with E-state index < -0.39 is 12.2 Å². The quantitative estimate of drug-likeness (QED) is 0.644.